The summed E-state index contributed by atoms with van der Waals surface area (Å²) >= 11 is 4.87. The van der Waals surface area contributed by atoms with Crippen molar-refractivity contribution in [1.82, 2.24) is 9.88 Å². The zero-order chi connectivity index (χ0) is 14.5. The Hall–Kier alpha value is -1.53. The maximum absolute atomic E-state index is 12.4. The highest BCUT2D eigenvalue weighted by Crippen LogP contribution is 2.14. The third-order valence-corrected chi connectivity index (χ3v) is 3.62. The summed E-state index contributed by atoms with van der Waals surface area (Å²) in [5.41, 5.74) is 6.59. The molecule has 0 spiro atoms. The van der Waals surface area contributed by atoms with Crippen LogP contribution in [0.15, 0.2) is 18.3 Å². The van der Waals surface area contributed by atoms with E-state index in [1.54, 1.807) is 17.0 Å². The van der Waals surface area contributed by atoms with Crippen molar-refractivity contribution in [1.29, 1.82) is 0 Å². The number of rotatable bonds is 5. The standard InChI is InChI=1S/C14H19N3O2S/c1-2-17(9-11-4-3-7-19-11)14(18)12-6-5-10(8-16-12)13(15)20/h5-6,8,11H,2-4,7,9H2,1H3,(H2,15,20). The lowest BCUT2D eigenvalue weighted by Crippen LogP contribution is -2.37. The molecule has 20 heavy (non-hydrogen) atoms. The molecule has 1 aromatic rings. The van der Waals surface area contributed by atoms with Crippen molar-refractivity contribution >= 4 is 23.1 Å². The van der Waals surface area contributed by atoms with Crippen molar-refractivity contribution in [2.75, 3.05) is 19.7 Å². The van der Waals surface area contributed by atoms with Crippen molar-refractivity contribution in [3.8, 4) is 0 Å². The fourth-order valence-electron chi connectivity index (χ4n) is 2.22. The van der Waals surface area contributed by atoms with E-state index in [1.807, 2.05) is 6.92 Å². The first-order valence-electron chi connectivity index (χ1n) is 6.78. The molecule has 0 radical (unpaired) electrons. The number of carbonyl (C=O) groups excluding carboxylic acids is 1. The number of ether oxygens (including phenoxy) is 1. The van der Waals surface area contributed by atoms with Crippen LogP contribution in [0.3, 0.4) is 0 Å². The van der Waals surface area contributed by atoms with Crippen LogP contribution in [0, 0.1) is 0 Å². The van der Waals surface area contributed by atoms with Crippen LogP contribution >= 0.6 is 12.2 Å². The lowest BCUT2D eigenvalue weighted by atomic mass is 10.2. The van der Waals surface area contributed by atoms with Gasteiger partial charge in [0.2, 0.25) is 0 Å². The number of hydrogen-bond acceptors (Lipinski definition) is 4. The van der Waals surface area contributed by atoms with Crippen LogP contribution in [0.4, 0.5) is 0 Å². The summed E-state index contributed by atoms with van der Waals surface area (Å²) < 4.78 is 5.57. The second-order valence-electron chi connectivity index (χ2n) is 4.78. The van der Waals surface area contributed by atoms with Gasteiger partial charge >= 0.3 is 0 Å². The molecule has 2 rings (SSSR count). The molecule has 1 aliphatic rings. The maximum Gasteiger partial charge on any atom is 0.272 e. The molecule has 0 saturated carbocycles. The van der Waals surface area contributed by atoms with Crippen LogP contribution in [0.1, 0.15) is 35.8 Å². The minimum atomic E-state index is -0.0857. The molecular weight excluding hydrogens is 274 g/mol. The topological polar surface area (TPSA) is 68.5 Å². The molecule has 1 unspecified atom stereocenters. The van der Waals surface area contributed by atoms with E-state index in [0.29, 0.717) is 24.3 Å². The number of carbonyl (C=O) groups is 1. The SMILES string of the molecule is CCN(CC1CCCO1)C(=O)c1ccc(C(N)=S)cn1. The molecule has 1 atom stereocenters. The Morgan fingerprint density at radius 1 is 1.60 bits per heavy atom. The number of nitrogens with two attached hydrogens (primary N) is 1. The van der Waals surface area contributed by atoms with Gasteiger partial charge in [0.15, 0.2) is 0 Å². The van der Waals surface area contributed by atoms with Crippen molar-refractivity contribution < 1.29 is 9.53 Å². The van der Waals surface area contributed by atoms with Crippen LogP contribution in [0.25, 0.3) is 0 Å². The Morgan fingerprint density at radius 2 is 2.40 bits per heavy atom. The molecule has 1 aliphatic heterocycles. The normalized spacial score (nSPS) is 17.9. The summed E-state index contributed by atoms with van der Waals surface area (Å²) in [6.07, 6.45) is 3.76. The molecule has 108 valence electrons. The summed E-state index contributed by atoms with van der Waals surface area (Å²) in [4.78, 5) is 18.6. The Morgan fingerprint density at radius 3 is 2.90 bits per heavy atom. The van der Waals surface area contributed by atoms with Crippen molar-refractivity contribution in [3.63, 3.8) is 0 Å². The first-order chi connectivity index (χ1) is 9.61. The molecule has 2 N–H and O–H groups in total. The van der Waals surface area contributed by atoms with Gasteiger partial charge in [-0.15, -0.1) is 0 Å². The minimum absolute atomic E-state index is 0.0857. The average Bonchev–Trinajstić information content (AvgIpc) is 2.97. The molecule has 1 fully saturated rings. The van der Waals surface area contributed by atoms with E-state index in [0.717, 1.165) is 19.4 Å². The quantitative estimate of drug-likeness (QED) is 0.830. The van der Waals surface area contributed by atoms with Crippen molar-refractivity contribution in [3.05, 3.63) is 29.6 Å². The van der Waals surface area contributed by atoms with Gasteiger partial charge in [0.25, 0.3) is 5.91 Å². The predicted octanol–water partition coefficient (Wildman–Crippen LogP) is 1.36. The molecule has 1 amide bonds. The first kappa shape index (κ1) is 14.9. The van der Waals surface area contributed by atoms with Gasteiger partial charge in [-0.25, -0.2) is 0 Å². The molecule has 5 nitrogen and oxygen atoms in total. The van der Waals surface area contributed by atoms with Crippen LogP contribution in [-0.4, -0.2) is 46.6 Å². The van der Waals surface area contributed by atoms with Crippen molar-refractivity contribution in [2.45, 2.75) is 25.9 Å². The van der Waals surface area contributed by atoms with Crippen LogP contribution in [0.5, 0.6) is 0 Å². The number of nitrogens with zero attached hydrogens (tertiary/aromatic N) is 2. The fourth-order valence-corrected chi connectivity index (χ4v) is 2.34. The maximum atomic E-state index is 12.4. The van der Waals surface area contributed by atoms with Gasteiger partial charge < -0.3 is 15.4 Å². The zero-order valence-electron chi connectivity index (χ0n) is 11.5. The third-order valence-electron chi connectivity index (χ3n) is 3.38. The number of hydrogen-bond donors (Lipinski definition) is 1. The number of pyridine rings is 1. The lowest BCUT2D eigenvalue weighted by Gasteiger charge is -2.23. The zero-order valence-corrected chi connectivity index (χ0v) is 12.4. The molecule has 0 aromatic carbocycles. The minimum Gasteiger partial charge on any atom is -0.389 e. The van der Waals surface area contributed by atoms with E-state index in [2.05, 4.69) is 4.98 Å². The molecule has 2 heterocycles. The molecule has 0 aliphatic carbocycles. The van der Waals surface area contributed by atoms with Gasteiger partial charge in [-0.2, -0.15) is 0 Å². The second-order valence-corrected chi connectivity index (χ2v) is 5.22. The van der Waals surface area contributed by atoms with Gasteiger partial charge in [0, 0.05) is 31.5 Å². The molecule has 1 aromatic heterocycles. The number of likely N-dealkylation sites (N-methyl/N-ethyl adjacent to an activating group) is 1. The Kier molecular flexibility index (Phi) is 5.03. The average molecular weight is 293 g/mol. The van der Waals surface area contributed by atoms with Crippen LogP contribution in [0.2, 0.25) is 0 Å². The highest BCUT2D eigenvalue weighted by molar-refractivity contribution is 7.80. The van der Waals surface area contributed by atoms with Gasteiger partial charge in [0.1, 0.15) is 10.7 Å². The largest absolute Gasteiger partial charge is 0.389 e. The molecule has 0 bridgehead atoms. The summed E-state index contributed by atoms with van der Waals surface area (Å²) in [5.74, 6) is -0.0857. The molecule has 1 saturated heterocycles. The van der Waals surface area contributed by atoms with Crippen LogP contribution < -0.4 is 5.73 Å². The Balaban J connectivity index is 2.05. The van der Waals surface area contributed by atoms with Gasteiger partial charge in [0.05, 0.1) is 6.10 Å². The van der Waals surface area contributed by atoms with E-state index in [4.69, 9.17) is 22.7 Å². The summed E-state index contributed by atoms with van der Waals surface area (Å²) in [6.45, 7) is 4.00. The summed E-state index contributed by atoms with van der Waals surface area (Å²) in [5, 5.41) is 0. The number of amides is 1. The third kappa shape index (κ3) is 3.52. The summed E-state index contributed by atoms with van der Waals surface area (Å²) in [6, 6.07) is 3.39. The van der Waals surface area contributed by atoms with Gasteiger partial charge in [-0.3, -0.25) is 9.78 Å². The van der Waals surface area contributed by atoms with E-state index in [-0.39, 0.29) is 17.0 Å². The second kappa shape index (κ2) is 6.76. The molecular formula is C14H19N3O2S. The van der Waals surface area contributed by atoms with Crippen molar-refractivity contribution in [2.24, 2.45) is 5.73 Å². The number of thiocarbonyl (C=S) groups is 1. The monoisotopic (exact) mass is 293 g/mol. The van der Waals surface area contributed by atoms with Crippen LogP contribution in [-0.2, 0) is 4.74 Å². The van der Waals surface area contributed by atoms with E-state index in [9.17, 15) is 4.79 Å². The fraction of sp³-hybridized carbons (Fsp3) is 0.500. The highest BCUT2D eigenvalue weighted by atomic mass is 32.1. The van der Waals surface area contributed by atoms with Gasteiger partial charge in [-0.1, -0.05) is 12.2 Å². The predicted molar refractivity (Wildman–Crippen MR) is 80.7 cm³/mol. The van der Waals surface area contributed by atoms with Gasteiger partial charge in [-0.05, 0) is 31.9 Å². The van der Waals surface area contributed by atoms with E-state index >= 15 is 0 Å². The Labute approximate surface area is 124 Å². The number of aromatic nitrogens is 1. The Bertz CT molecular complexity index is 484. The lowest BCUT2D eigenvalue weighted by molar-refractivity contribution is 0.0535. The van der Waals surface area contributed by atoms with E-state index < -0.39 is 0 Å². The first-order valence-corrected chi connectivity index (χ1v) is 7.19. The smallest absolute Gasteiger partial charge is 0.272 e. The molecule has 6 heteroatoms. The highest BCUT2D eigenvalue weighted by Gasteiger charge is 2.23. The van der Waals surface area contributed by atoms with E-state index in [1.165, 1.54) is 6.20 Å². The summed E-state index contributed by atoms with van der Waals surface area (Å²) in [7, 11) is 0.